The molecule has 0 aliphatic rings. The molecule has 0 unspecified atom stereocenters. The number of rotatable bonds is 4. The monoisotopic (exact) mass is 278 g/mol. The number of halogens is 1. The highest BCUT2D eigenvalue weighted by molar-refractivity contribution is 6.33. The van der Waals surface area contributed by atoms with E-state index in [-0.39, 0.29) is 11.4 Å². The molecule has 1 aromatic heterocycles. The van der Waals surface area contributed by atoms with E-state index in [2.05, 4.69) is 15.3 Å². The molecule has 0 fully saturated rings. The van der Waals surface area contributed by atoms with Gasteiger partial charge in [0.2, 0.25) is 5.95 Å². The number of aromatic nitrogens is 2. The van der Waals surface area contributed by atoms with Crippen LogP contribution in [0.5, 0.6) is 0 Å². The standard InChI is InChI=1S/C12H11ClN4O2/c1-2-14-12-15-7-10(17(18)19)11(16-12)8-5-3-4-6-9(8)13/h3-7H,2H2,1H3,(H,14,15,16). The van der Waals surface area contributed by atoms with E-state index in [1.54, 1.807) is 24.3 Å². The maximum Gasteiger partial charge on any atom is 0.313 e. The Morgan fingerprint density at radius 3 is 2.79 bits per heavy atom. The maximum absolute atomic E-state index is 11.0. The molecule has 6 nitrogen and oxygen atoms in total. The number of hydrogen-bond donors (Lipinski definition) is 1. The van der Waals surface area contributed by atoms with Gasteiger partial charge in [-0.25, -0.2) is 9.97 Å². The van der Waals surface area contributed by atoms with Crippen molar-refractivity contribution in [1.82, 2.24) is 9.97 Å². The first-order chi connectivity index (χ1) is 9.13. The van der Waals surface area contributed by atoms with E-state index in [0.29, 0.717) is 23.1 Å². The second kappa shape index (κ2) is 5.62. The Morgan fingerprint density at radius 1 is 1.42 bits per heavy atom. The zero-order valence-corrected chi connectivity index (χ0v) is 10.9. The lowest BCUT2D eigenvalue weighted by molar-refractivity contribution is -0.384. The molecule has 0 bridgehead atoms. The first kappa shape index (κ1) is 13.2. The molecule has 2 aromatic rings. The summed E-state index contributed by atoms with van der Waals surface area (Å²) in [6.45, 7) is 2.51. The molecule has 1 N–H and O–H groups in total. The van der Waals surface area contributed by atoms with Crippen molar-refractivity contribution in [3.63, 3.8) is 0 Å². The third-order valence-electron chi connectivity index (χ3n) is 2.43. The smallest absolute Gasteiger partial charge is 0.313 e. The van der Waals surface area contributed by atoms with Gasteiger partial charge in [0.05, 0.1) is 9.95 Å². The van der Waals surface area contributed by atoms with Gasteiger partial charge in [0, 0.05) is 12.1 Å². The SMILES string of the molecule is CCNc1ncc([N+](=O)[O-])c(-c2ccccc2Cl)n1. The maximum atomic E-state index is 11.0. The lowest BCUT2D eigenvalue weighted by Gasteiger charge is -2.07. The molecular weight excluding hydrogens is 268 g/mol. The summed E-state index contributed by atoms with van der Waals surface area (Å²) in [5.74, 6) is 0.336. The second-order valence-corrected chi connectivity index (χ2v) is 4.10. The van der Waals surface area contributed by atoms with Crippen LogP contribution in [0.2, 0.25) is 5.02 Å². The summed E-state index contributed by atoms with van der Waals surface area (Å²) in [4.78, 5) is 18.6. The lowest BCUT2D eigenvalue weighted by atomic mass is 10.1. The van der Waals surface area contributed by atoms with Gasteiger partial charge >= 0.3 is 5.69 Å². The van der Waals surface area contributed by atoms with Crippen molar-refractivity contribution in [2.45, 2.75) is 6.92 Å². The highest BCUT2D eigenvalue weighted by atomic mass is 35.5. The van der Waals surface area contributed by atoms with Crippen LogP contribution in [0, 0.1) is 10.1 Å². The van der Waals surface area contributed by atoms with Gasteiger partial charge in [0.1, 0.15) is 6.20 Å². The number of anilines is 1. The van der Waals surface area contributed by atoms with E-state index < -0.39 is 4.92 Å². The molecular formula is C12H11ClN4O2. The van der Waals surface area contributed by atoms with Gasteiger partial charge in [-0.15, -0.1) is 0 Å². The summed E-state index contributed by atoms with van der Waals surface area (Å²) < 4.78 is 0. The molecule has 19 heavy (non-hydrogen) atoms. The van der Waals surface area contributed by atoms with Crippen molar-refractivity contribution in [3.8, 4) is 11.3 Å². The van der Waals surface area contributed by atoms with Gasteiger partial charge in [-0.1, -0.05) is 29.8 Å². The largest absolute Gasteiger partial charge is 0.354 e. The Morgan fingerprint density at radius 2 is 2.16 bits per heavy atom. The fourth-order valence-electron chi connectivity index (χ4n) is 1.60. The van der Waals surface area contributed by atoms with Crippen LogP contribution in [0.3, 0.4) is 0 Å². The molecule has 2 rings (SSSR count). The predicted octanol–water partition coefficient (Wildman–Crippen LogP) is 3.14. The van der Waals surface area contributed by atoms with Gasteiger partial charge < -0.3 is 5.32 Å². The van der Waals surface area contributed by atoms with Crippen LogP contribution in [0.1, 0.15) is 6.92 Å². The minimum Gasteiger partial charge on any atom is -0.354 e. The minimum atomic E-state index is -0.519. The first-order valence-corrected chi connectivity index (χ1v) is 6.01. The molecule has 0 spiro atoms. The third-order valence-corrected chi connectivity index (χ3v) is 2.76. The summed E-state index contributed by atoms with van der Waals surface area (Å²) in [6.07, 6.45) is 1.18. The van der Waals surface area contributed by atoms with Crippen LogP contribution in [0.4, 0.5) is 11.6 Å². The molecule has 7 heteroatoms. The zero-order valence-electron chi connectivity index (χ0n) is 10.1. The summed E-state index contributed by atoms with van der Waals surface area (Å²) in [5.41, 5.74) is 0.550. The number of nitrogens with one attached hydrogen (secondary N) is 1. The number of hydrogen-bond acceptors (Lipinski definition) is 5. The lowest BCUT2D eigenvalue weighted by Crippen LogP contribution is -2.05. The zero-order chi connectivity index (χ0) is 13.8. The highest BCUT2D eigenvalue weighted by Crippen LogP contribution is 2.32. The molecule has 1 aromatic carbocycles. The number of nitrogens with zero attached hydrogens (tertiary/aromatic N) is 3. The Kier molecular flexibility index (Phi) is 3.91. The van der Waals surface area contributed by atoms with E-state index in [9.17, 15) is 10.1 Å². The molecule has 0 amide bonds. The number of benzene rings is 1. The van der Waals surface area contributed by atoms with Crippen molar-refractivity contribution < 1.29 is 4.92 Å². The van der Waals surface area contributed by atoms with E-state index in [4.69, 9.17) is 11.6 Å². The summed E-state index contributed by atoms with van der Waals surface area (Å²) in [5, 5.41) is 14.4. The summed E-state index contributed by atoms with van der Waals surface area (Å²) >= 11 is 6.06. The van der Waals surface area contributed by atoms with Gasteiger partial charge in [0.25, 0.3) is 0 Å². The van der Waals surface area contributed by atoms with Crippen molar-refractivity contribution in [1.29, 1.82) is 0 Å². The van der Waals surface area contributed by atoms with E-state index in [1.165, 1.54) is 6.20 Å². The van der Waals surface area contributed by atoms with Gasteiger partial charge in [-0.2, -0.15) is 0 Å². The summed E-state index contributed by atoms with van der Waals surface area (Å²) in [6, 6.07) is 6.85. The molecule has 0 aliphatic heterocycles. The van der Waals surface area contributed by atoms with Crippen molar-refractivity contribution in [2.24, 2.45) is 0 Å². The normalized spacial score (nSPS) is 10.2. The molecule has 0 saturated heterocycles. The Labute approximate surface area is 114 Å². The topological polar surface area (TPSA) is 81.0 Å². The fourth-order valence-corrected chi connectivity index (χ4v) is 1.83. The third kappa shape index (κ3) is 2.79. The second-order valence-electron chi connectivity index (χ2n) is 3.69. The van der Waals surface area contributed by atoms with Gasteiger partial charge in [0.15, 0.2) is 5.69 Å². The molecule has 98 valence electrons. The Balaban J connectivity index is 2.61. The minimum absolute atomic E-state index is 0.172. The van der Waals surface area contributed by atoms with Crippen LogP contribution in [0.15, 0.2) is 30.5 Å². The fraction of sp³-hybridized carbons (Fsp3) is 0.167. The quantitative estimate of drug-likeness (QED) is 0.686. The van der Waals surface area contributed by atoms with Crippen LogP contribution in [-0.2, 0) is 0 Å². The molecule has 0 saturated carbocycles. The van der Waals surface area contributed by atoms with Crippen molar-refractivity contribution >= 4 is 23.2 Å². The van der Waals surface area contributed by atoms with Crippen molar-refractivity contribution in [3.05, 3.63) is 45.6 Å². The average molecular weight is 279 g/mol. The highest BCUT2D eigenvalue weighted by Gasteiger charge is 2.20. The van der Waals surface area contributed by atoms with Crippen LogP contribution in [-0.4, -0.2) is 21.4 Å². The van der Waals surface area contributed by atoms with Gasteiger partial charge in [-0.05, 0) is 13.0 Å². The van der Waals surface area contributed by atoms with Crippen LogP contribution in [0.25, 0.3) is 11.3 Å². The Bertz CT molecular complexity index is 618. The number of nitro groups is 1. The molecule has 0 atom stereocenters. The average Bonchev–Trinajstić information content (AvgIpc) is 2.39. The Hall–Kier alpha value is -2.21. The molecule has 1 heterocycles. The van der Waals surface area contributed by atoms with Crippen LogP contribution < -0.4 is 5.32 Å². The van der Waals surface area contributed by atoms with E-state index in [0.717, 1.165) is 0 Å². The van der Waals surface area contributed by atoms with E-state index in [1.807, 2.05) is 6.92 Å². The van der Waals surface area contributed by atoms with E-state index >= 15 is 0 Å². The predicted molar refractivity (Wildman–Crippen MR) is 73.3 cm³/mol. The molecule has 0 radical (unpaired) electrons. The van der Waals surface area contributed by atoms with Crippen LogP contribution >= 0.6 is 11.6 Å². The van der Waals surface area contributed by atoms with Gasteiger partial charge in [-0.3, -0.25) is 10.1 Å². The molecule has 0 aliphatic carbocycles. The summed E-state index contributed by atoms with van der Waals surface area (Å²) in [7, 11) is 0. The van der Waals surface area contributed by atoms with Crippen molar-refractivity contribution in [2.75, 3.05) is 11.9 Å². The first-order valence-electron chi connectivity index (χ1n) is 5.63.